The van der Waals surface area contributed by atoms with Gasteiger partial charge in [0, 0.05) is 24.5 Å². The second-order valence-corrected chi connectivity index (χ2v) is 5.04. The molecule has 2 aromatic carbocycles. The molecule has 0 spiro atoms. The first-order chi connectivity index (χ1) is 11.5. The van der Waals surface area contributed by atoms with Crippen LogP contribution in [0, 0.1) is 5.82 Å². The lowest BCUT2D eigenvalue weighted by molar-refractivity contribution is -0.116. The van der Waals surface area contributed by atoms with E-state index in [9.17, 15) is 14.0 Å². The monoisotopic (exact) mass is 331 g/mol. The van der Waals surface area contributed by atoms with E-state index < -0.39 is 5.82 Å². The standard InChI is InChI=1S/C18H18FNO4/c1-23-14-7-9-17(24-2)15(11-14)20-18(22)10-8-16(21)12-3-5-13(19)6-4-12/h3-7,9,11H,8,10H2,1-2H3,(H,20,22). The molecule has 0 fully saturated rings. The number of ketones is 1. The minimum atomic E-state index is -0.408. The number of amides is 1. The summed E-state index contributed by atoms with van der Waals surface area (Å²) in [7, 11) is 3.02. The Morgan fingerprint density at radius 1 is 1.00 bits per heavy atom. The summed E-state index contributed by atoms with van der Waals surface area (Å²) in [6.07, 6.45) is 0.0420. The number of anilines is 1. The highest BCUT2D eigenvalue weighted by molar-refractivity contribution is 6.00. The first-order valence-corrected chi connectivity index (χ1v) is 7.34. The summed E-state index contributed by atoms with van der Waals surface area (Å²) in [5.74, 6) is 0.122. The number of benzene rings is 2. The minimum Gasteiger partial charge on any atom is -0.497 e. The number of ether oxygens (including phenoxy) is 2. The molecule has 2 aromatic rings. The summed E-state index contributed by atoms with van der Waals surface area (Å²) < 4.78 is 23.1. The van der Waals surface area contributed by atoms with Crippen molar-refractivity contribution >= 4 is 17.4 Å². The Morgan fingerprint density at radius 2 is 1.71 bits per heavy atom. The quantitative estimate of drug-likeness (QED) is 0.789. The van der Waals surface area contributed by atoms with Crippen molar-refractivity contribution in [1.29, 1.82) is 0 Å². The molecule has 0 unspecified atom stereocenters. The van der Waals surface area contributed by atoms with Crippen LogP contribution in [0.1, 0.15) is 23.2 Å². The smallest absolute Gasteiger partial charge is 0.224 e. The van der Waals surface area contributed by atoms with Gasteiger partial charge in [-0.05, 0) is 36.4 Å². The minimum absolute atomic E-state index is 0.0105. The zero-order chi connectivity index (χ0) is 17.5. The molecule has 0 saturated carbocycles. The van der Waals surface area contributed by atoms with E-state index in [0.717, 1.165) is 0 Å². The van der Waals surface area contributed by atoms with Crippen molar-refractivity contribution < 1.29 is 23.5 Å². The number of nitrogens with one attached hydrogen (secondary N) is 1. The number of Topliss-reactive ketones (excluding diaryl/α,β-unsaturated/α-hetero) is 1. The lowest BCUT2D eigenvalue weighted by Gasteiger charge is -2.11. The molecule has 0 heterocycles. The van der Waals surface area contributed by atoms with E-state index in [2.05, 4.69) is 5.32 Å². The topological polar surface area (TPSA) is 64.6 Å². The van der Waals surface area contributed by atoms with Gasteiger partial charge in [0.1, 0.15) is 17.3 Å². The Labute approximate surface area is 139 Å². The van der Waals surface area contributed by atoms with Crippen LogP contribution in [0.2, 0.25) is 0 Å². The van der Waals surface area contributed by atoms with Gasteiger partial charge in [0.05, 0.1) is 19.9 Å². The molecule has 0 atom stereocenters. The van der Waals surface area contributed by atoms with Gasteiger partial charge in [-0.15, -0.1) is 0 Å². The lowest BCUT2D eigenvalue weighted by Crippen LogP contribution is -2.14. The number of halogens is 1. The van der Waals surface area contributed by atoms with Gasteiger partial charge in [-0.3, -0.25) is 9.59 Å². The van der Waals surface area contributed by atoms with Gasteiger partial charge in [-0.1, -0.05) is 0 Å². The molecule has 0 aliphatic heterocycles. The summed E-state index contributed by atoms with van der Waals surface area (Å²) in [5.41, 5.74) is 0.847. The van der Waals surface area contributed by atoms with Crippen molar-refractivity contribution in [2.24, 2.45) is 0 Å². The van der Waals surface area contributed by atoms with Crippen LogP contribution in [-0.2, 0) is 4.79 Å². The molecule has 0 radical (unpaired) electrons. The van der Waals surface area contributed by atoms with Crippen LogP contribution in [0.25, 0.3) is 0 Å². The van der Waals surface area contributed by atoms with E-state index in [0.29, 0.717) is 22.7 Å². The molecule has 24 heavy (non-hydrogen) atoms. The molecule has 126 valence electrons. The lowest BCUT2D eigenvalue weighted by atomic mass is 10.1. The van der Waals surface area contributed by atoms with Gasteiger partial charge in [0.25, 0.3) is 0 Å². The third kappa shape index (κ3) is 4.55. The number of rotatable bonds is 7. The molecule has 0 bridgehead atoms. The zero-order valence-electron chi connectivity index (χ0n) is 13.5. The highest BCUT2D eigenvalue weighted by Gasteiger charge is 2.12. The molecule has 0 saturated heterocycles. The average molecular weight is 331 g/mol. The molecule has 0 aliphatic rings. The van der Waals surface area contributed by atoms with Crippen LogP contribution < -0.4 is 14.8 Å². The maximum Gasteiger partial charge on any atom is 0.224 e. The van der Waals surface area contributed by atoms with Gasteiger partial charge in [-0.2, -0.15) is 0 Å². The van der Waals surface area contributed by atoms with Crippen molar-refractivity contribution in [3.63, 3.8) is 0 Å². The highest BCUT2D eigenvalue weighted by atomic mass is 19.1. The largest absolute Gasteiger partial charge is 0.497 e. The SMILES string of the molecule is COc1ccc(OC)c(NC(=O)CCC(=O)c2ccc(F)cc2)c1. The third-order valence-corrected chi connectivity index (χ3v) is 3.43. The molecular weight excluding hydrogens is 313 g/mol. The fourth-order valence-corrected chi connectivity index (χ4v) is 2.13. The predicted molar refractivity (Wildman–Crippen MR) is 88.1 cm³/mol. The second-order valence-electron chi connectivity index (χ2n) is 5.04. The van der Waals surface area contributed by atoms with Gasteiger partial charge in [0.15, 0.2) is 5.78 Å². The van der Waals surface area contributed by atoms with Gasteiger partial charge >= 0.3 is 0 Å². The molecule has 2 rings (SSSR count). The zero-order valence-corrected chi connectivity index (χ0v) is 13.5. The summed E-state index contributed by atoms with van der Waals surface area (Å²) in [6.45, 7) is 0. The third-order valence-electron chi connectivity index (χ3n) is 3.43. The highest BCUT2D eigenvalue weighted by Crippen LogP contribution is 2.29. The fourth-order valence-electron chi connectivity index (χ4n) is 2.13. The number of hydrogen-bond acceptors (Lipinski definition) is 4. The van der Waals surface area contributed by atoms with Gasteiger partial charge in [0.2, 0.25) is 5.91 Å². The Bertz CT molecular complexity index is 728. The number of hydrogen-bond donors (Lipinski definition) is 1. The Morgan fingerprint density at radius 3 is 2.33 bits per heavy atom. The van der Waals surface area contributed by atoms with Crippen LogP contribution in [0.4, 0.5) is 10.1 Å². The molecular formula is C18H18FNO4. The maximum absolute atomic E-state index is 12.8. The molecule has 1 amide bonds. The van der Waals surface area contributed by atoms with Crippen molar-refractivity contribution in [2.45, 2.75) is 12.8 Å². The summed E-state index contributed by atoms with van der Waals surface area (Å²) in [4.78, 5) is 24.0. The molecule has 0 aromatic heterocycles. The van der Waals surface area contributed by atoms with E-state index in [4.69, 9.17) is 9.47 Å². The van der Waals surface area contributed by atoms with Crippen LogP contribution in [0.15, 0.2) is 42.5 Å². The van der Waals surface area contributed by atoms with E-state index in [1.165, 1.54) is 38.5 Å². The average Bonchev–Trinajstić information content (AvgIpc) is 2.60. The van der Waals surface area contributed by atoms with Gasteiger partial charge < -0.3 is 14.8 Å². The molecule has 1 N–H and O–H groups in total. The first-order valence-electron chi connectivity index (χ1n) is 7.34. The van der Waals surface area contributed by atoms with Crippen molar-refractivity contribution in [3.05, 3.63) is 53.8 Å². The number of carbonyl (C=O) groups excluding carboxylic acids is 2. The summed E-state index contributed by atoms with van der Waals surface area (Å²) >= 11 is 0. The van der Waals surface area contributed by atoms with Crippen molar-refractivity contribution in [3.8, 4) is 11.5 Å². The van der Waals surface area contributed by atoms with Crippen LogP contribution in [0.3, 0.4) is 0 Å². The molecule has 0 aliphatic carbocycles. The summed E-state index contributed by atoms with van der Waals surface area (Å²) in [5, 5.41) is 2.70. The molecule has 6 heteroatoms. The normalized spacial score (nSPS) is 10.1. The predicted octanol–water partition coefficient (Wildman–Crippen LogP) is 3.44. The second kappa shape index (κ2) is 8.10. The van der Waals surface area contributed by atoms with E-state index in [-0.39, 0.29) is 24.5 Å². The van der Waals surface area contributed by atoms with Gasteiger partial charge in [-0.25, -0.2) is 4.39 Å². The van der Waals surface area contributed by atoms with Crippen LogP contribution >= 0.6 is 0 Å². The maximum atomic E-state index is 12.8. The number of carbonyl (C=O) groups is 2. The fraction of sp³-hybridized carbons (Fsp3) is 0.222. The number of methoxy groups -OCH3 is 2. The first kappa shape index (κ1) is 17.5. The van der Waals surface area contributed by atoms with Crippen LogP contribution in [0.5, 0.6) is 11.5 Å². The Hall–Kier alpha value is -2.89. The van der Waals surface area contributed by atoms with Crippen molar-refractivity contribution in [1.82, 2.24) is 0 Å². The molecule has 5 nitrogen and oxygen atoms in total. The van der Waals surface area contributed by atoms with E-state index in [1.807, 2.05) is 0 Å². The summed E-state index contributed by atoms with van der Waals surface area (Å²) in [6, 6.07) is 10.3. The van der Waals surface area contributed by atoms with E-state index >= 15 is 0 Å². The Balaban J connectivity index is 1.96. The van der Waals surface area contributed by atoms with Crippen LogP contribution in [-0.4, -0.2) is 25.9 Å². The van der Waals surface area contributed by atoms with Crippen molar-refractivity contribution in [2.75, 3.05) is 19.5 Å². The van der Waals surface area contributed by atoms with E-state index in [1.54, 1.807) is 18.2 Å². The Kier molecular flexibility index (Phi) is 5.89.